The molecule has 140 valence electrons. The van der Waals surface area contributed by atoms with Gasteiger partial charge in [0.25, 0.3) is 5.56 Å². The number of carbonyl (C=O) groups excluding carboxylic acids is 1. The van der Waals surface area contributed by atoms with Gasteiger partial charge in [-0.3, -0.25) is 9.59 Å². The molecule has 3 rings (SSSR count). The molecule has 0 aliphatic heterocycles. The highest BCUT2D eigenvalue weighted by Gasteiger charge is 2.11. The molecular formula is C18H18N4O4S. The van der Waals surface area contributed by atoms with Crippen molar-refractivity contribution in [3.8, 4) is 0 Å². The summed E-state index contributed by atoms with van der Waals surface area (Å²) in [7, 11) is -3.57. The van der Waals surface area contributed by atoms with Crippen molar-refractivity contribution in [2.75, 3.05) is 0 Å². The fraction of sp³-hybridized carbons (Fsp3) is 0.167. The predicted molar refractivity (Wildman–Crippen MR) is 101 cm³/mol. The quantitative estimate of drug-likeness (QED) is 0.569. The highest BCUT2D eigenvalue weighted by molar-refractivity contribution is 7.88. The Morgan fingerprint density at radius 2 is 1.67 bits per heavy atom. The third-order valence-corrected chi connectivity index (χ3v) is 4.72. The van der Waals surface area contributed by atoms with Gasteiger partial charge in [-0.05, 0) is 17.2 Å². The molecule has 0 unspecified atom stereocenters. The van der Waals surface area contributed by atoms with Crippen molar-refractivity contribution in [3.05, 3.63) is 75.7 Å². The van der Waals surface area contributed by atoms with Crippen LogP contribution < -0.4 is 16.0 Å². The average molecular weight is 386 g/mol. The average Bonchev–Trinajstić information content (AvgIpc) is 2.62. The highest BCUT2D eigenvalue weighted by Crippen LogP contribution is 2.13. The van der Waals surface area contributed by atoms with Crippen LogP contribution in [-0.2, 0) is 33.5 Å². The second kappa shape index (κ2) is 7.68. The van der Waals surface area contributed by atoms with E-state index in [0.29, 0.717) is 22.0 Å². The van der Waals surface area contributed by atoms with Gasteiger partial charge in [0.05, 0.1) is 23.3 Å². The van der Waals surface area contributed by atoms with Crippen LogP contribution in [0.1, 0.15) is 16.8 Å². The number of carbonyl (C=O) groups is 1. The molecule has 0 bridgehead atoms. The molecule has 1 aromatic heterocycles. The van der Waals surface area contributed by atoms with Crippen molar-refractivity contribution in [2.24, 2.45) is 5.14 Å². The fourth-order valence-electron chi connectivity index (χ4n) is 2.71. The van der Waals surface area contributed by atoms with Crippen LogP contribution in [0.15, 0.2) is 53.3 Å². The van der Waals surface area contributed by atoms with Crippen LogP contribution in [0.5, 0.6) is 0 Å². The lowest BCUT2D eigenvalue weighted by Crippen LogP contribution is -2.26. The lowest BCUT2D eigenvalue weighted by Gasteiger charge is -2.07. The first kappa shape index (κ1) is 18.7. The monoisotopic (exact) mass is 386 g/mol. The maximum atomic E-state index is 12.2. The SMILES string of the molecule is NS(=O)(=O)Cc1ccc(CNC(=O)Cc2n[nH]c(=O)c3ccccc23)cc1. The third-order valence-electron chi connectivity index (χ3n) is 3.98. The summed E-state index contributed by atoms with van der Waals surface area (Å²) in [5.74, 6) is -0.474. The summed E-state index contributed by atoms with van der Waals surface area (Å²) in [6, 6.07) is 13.7. The molecule has 1 heterocycles. The van der Waals surface area contributed by atoms with E-state index in [1.807, 2.05) is 0 Å². The van der Waals surface area contributed by atoms with E-state index >= 15 is 0 Å². The number of hydrogen-bond donors (Lipinski definition) is 3. The van der Waals surface area contributed by atoms with Gasteiger partial charge in [0.2, 0.25) is 15.9 Å². The third kappa shape index (κ3) is 4.99. The molecule has 0 saturated carbocycles. The zero-order chi connectivity index (χ0) is 19.4. The number of sulfonamides is 1. The number of aromatic nitrogens is 2. The van der Waals surface area contributed by atoms with E-state index < -0.39 is 10.0 Å². The van der Waals surface area contributed by atoms with E-state index in [1.54, 1.807) is 48.5 Å². The van der Waals surface area contributed by atoms with E-state index in [-0.39, 0.29) is 30.2 Å². The number of hydrogen-bond acceptors (Lipinski definition) is 5. The first-order valence-electron chi connectivity index (χ1n) is 8.13. The van der Waals surface area contributed by atoms with Crippen LogP contribution in [0, 0.1) is 0 Å². The van der Waals surface area contributed by atoms with Crippen LogP contribution in [0.2, 0.25) is 0 Å². The van der Waals surface area contributed by atoms with Crippen LogP contribution in [-0.4, -0.2) is 24.5 Å². The molecule has 0 spiro atoms. The molecule has 4 N–H and O–H groups in total. The number of amides is 1. The second-order valence-corrected chi connectivity index (χ2v) is 7.74. The molecule has 3 aromatic rings. The Bertz CT molecular complexity index is 1140. The van der Waals surface area contributed by atoms with Crippen molar-refractivity contribution in [1.82, 2.24) is 15.5 Å². The van der Waals surface area contributed by atoms with E-state index in [4.69, 9.17) is 5.14 Å². The Balaban J connectivity index is 1.64. The summed E-state index contributed by atoms with van der Waals surface area (Å²) >= 11 is 0. The predicted octanol–water partition coefficient (Wildman–Crippen LogP) is 0.571. The van der Waals surface area contributed by atoms with E-state index in [0.717, 1.165) is 5.56 Å². The number of aromatic amines is 1. The first-order chi connectivity index (χ1) is 12.8. The summed E-state index contributed by atoms with van der Waals surface area (Å²) in [6.45, 7) is 0.287. The number of primary sulfonamides is 1. The summed E-state index contributed by atoms with van der Waals surface area (Å²) < 4.78 is 22.2. The first-order valence-corrected chi connectivity index (χ1v) is 9.85. The van der Waals surface area contributed by atoms with Crippen molar-refractivity contribution < 1.29 is 13.2 Å². The maximum absolute atomic E-state index is 12.2. The molecule has 9 heteroatoms. The van der Waals surface area contributed by atoms with Gasteiger partial charge in [-0.2, -0.15) is 5.10 Å². The van der Waals surface area contributed by atoms with Crippen LogP contribution >= 0.6 is 0 Å². The molecule has 0 aliphatic carbocycles. The normalized spacial score (nSPS) is 11.4. The Morgan fingerprint density at radius 1 is 1.04 bits per heavy atom. The fourth-order valence-corrected chi connectivity index (χ4v) is 3.36. The Hall–Kier alpha value is -3.04. The number of nitrogens with two attached hydrogens (primary N) is 1. The summed E-state index contributed by atoms with van der Waals surface area (Å²) in [5, 5.41) is 15.3. The maximum Gasteiger partial charge on any atom is 0.272 e. The van der Waals surface area contributed by atoms with Crippen molar-refractivity contribution in [2.45, 2.75) is 18.7 Å². The summed E-state index contributed by atoms with van der Waals surface area (Å²) in [6.07, 6.45) is 0.0286. The van der Waals surface area contributed by atoms with Gasteiger partial charge in [0, 0.05) is 11.9 Å². The Morgan fingerprint density at radius 3 is 2.33 bits per heavy atom. The number of fused-ring (bicyclic) bond motifs is 1. The minimum atomic E-state index is -3.57. The molecule has 8 nitrogen and oxygen atoms in total. The lowest BCUT2D eigenvalue weighted by atomic mass is 10.1. The zero-order valence-corrected chi connectivity index (χ0v) is 15.1. The molecular weight excluding hydrogens is 368 g/mol. The van der Waals surface area contributed by atoms with Gasteiger partial charge >= 0.3 is 0 Å². The zero-order valence-electron chi connectivity index (χ0n) is 14.3. The molecule has 0 radical (unpaired) electrons. The minimum Gasteiger partial charge on any atom is -0.352 e. The number of nitrogens with zero attached hydrogens (tertiary/aromatic N) is 1. The van der Waals surface area contributed by atoms with Crippen LogP contribution in [0.3, 0.4) is 0 Å². The molecule has 2 aromatic carbocycles. The van der Waals surface area contributed by atoms with Gasteiger partial charge in [-0.15, -0.1) is 0 Å². The molecule has 1 amide bonds. The van der Waals surface area contributed by atoms with Gasteiger partial charge < -0.3 is 5.32 Å². The van der Waals surface area contributed by atoms with Crippen LogP contribution in [0.25, 0.3) is 10.8 Å². The molecule has 0 atom stereocenters. The molecule has 0 saturated heterocycles. The lowest BCUT2D eigenvalue weighted by molar-refractivity contribution is -0.120. The van der Waals surface area contributed by atoms with E-state index in [1.165, 1.54) is 0 Å². The number of benzene rings is 2. The number of nitrogens with one attached hydrogen (secondary N) is 2. The van der Waals surface area contributed by atoms with E-state index in [2.05, 4.69) is 15.5 Å². The van der Waals surface area contributed by atoms with E-state index in [9.17, 15) is 18.0 Å². The smallest absolute Gasteiger partial charge is 0.272 e. The highest BCUT2D eigenvalue weighted by atomic mass is 32.2. The largest absolute Gasteiger partial charge is 0.352 e. The Labute approximate surface area is 155 Å². The van der Waals surface area contributed by atoms with Crippen LogP contribution in [0.4, 0.5) is 0 Å². The van der Waals surface area contributed by atoms with Crippen molar-refractivity contribution >= 4 is 26.7 Å². The molecule has 27 heavy (non-hydrogen) atoms. The van der Waals surface area contributed by atoms with Crippen molar-refractivity contribution in [3.63, 3.8) is 0 Å². The topological polar surface area (TPSA) is 135 Å². The molecule has 0 fully saturated rings. The van der Waals surface area contributed by atoms with Gasteiger partial charge in [0.1, 0.15) is 0 Å². The van der Waals surface area contributed by atoms with Gasteiger partial charge in [0.15, 0.2) is 0 Å². The summed E-state index contributed by atoms with van der Waals surface area (Å²) in [5.41, 5.74) is 1.60. The van der Waals surface area contributed by atoms with Gasteiger partial charge in [-0.1, -0.05) is 42.5 Å². The summed E-state index contributed by atoms with van der Waals surface area (Å²) in [4.78, 5) is 24.0. The Kier molecular flexibility index (Phi) is 5.33. The number of H-pyrrole nitrogens is 1. The second-order valence-electron chi connectivity index (χ2n) is 6.12. The number of rotatable bonds is 6. The minimum absolute atomic E-state index is 0.0286. The standard InChI is InChI=1S/C18H18N4O4S/c19-27(25,26)11-13-7-5-12(6-8-13)10-20-17(23)9-16-14-3-1-2-4-15(14)18(24)22-21-16/h1-8H,9-11H2,(H,20,23)(H,22,24)(H2,19,25,26). The van der Waals surface area contributed by atoms with Gasteiger partial charge in [-0.25, -0.2) is 18.7 Å². The molecule has 0 aliphatic rings. The van der Waals surface area contributed by atoms with Crippen molar-refractivity contribution in [1.29, 1.82) is 0 Å².